The summed E-state index contributed by atoms with van der Waals surface area (Å²) in [4.78, 5) is 36.0. The van der Waals surface area contributed by atoms with Crippen molar-refractivity contribution in [3.63, 3.8) is 0 Å². The monoisotopic (exact) mass is 642 g/mol. The molecule has 3 atom stereocenters. The van der Waals surface area contributed by atoms with Gasteiger partial charge < -0.3 is 29.0 Å². The first kappa shape index (κ1) is 37.2. The van der Waals surface area contributed by atoms with E-state index in [1.54, 1.807) is 11.9 Å². The molecule has 3 fully saturated rings. The second-order valence-corrected chi connectivity index (χ2v) is 13.9. The quantitative estimate of drug-likeness (QED) is 0.0976. The maximum atomic E-state index is 12.1. The third-order valence-corrected chi connectivity index (χ3v) is 10.6. The second kappa shape index (κ2) is 22.3. The molecule has 0 radical (unpaired) electrons. The highest BCUT2D eigenvalue weighted by Gasteiger charge is 2.49. The molecule has 0 aliphatic heterocycles. The van der Waals surface area contributed by atoms with Crippen molar-refractivity contribution in [2.75, 3.05) is 72.6 Å². The van der Waals surface area contributed by atoms with Crippen LogP contribution in [0.3, 0.4) is 0 Å². The number of hydrogen-bond acceptors (Lipinski definition) is 9. The summed E-state index contributed by atoms with van der Waals surface area (Å²) >= 11 is 1.59. The molecule has 0 saturated heterocycles. The van der Waals surface area contributed by atoms with Gasteiger partial charge in [0.15, 0.2) is 0 Å². The second-order valence-electron chi connectivity index (χ2n) is 12.8. The van der Waals surface area contributed by atoms with Crippen LogP contribution in [0.2, 0.25) is 0 Å². The Bertz CT molecular complexity index is 828. The Kier molecular flexibility index (Phi) is 18.9. The predicted molar refractivity (Wildman–Crippen MR) is 171 cm³/mol. The van der Waals surface area contributed by atoms with E-state index in [-0.39, 0.29) is 18.4 Å². The standard InChI is InChI=1S/C33H58N2O8S/c1-33-13-12-27(25-33)24-30(33)44-35-32(38)26-43-23-22-42-21-20-41-19-18-40-17-16-39-15-14-34-31(37)11-5-3-2-4-10-29(36)28-8-6-7-9-28/h27-28,30H,2-26H2,1H3,(H,34,37)(H,35,38). The van der Waals surface area contributed by atoms with Crippen LogP contribution in [-0.4, -0.2) is 95.5 Å². The van der Waals surface area contributed by atoms with Crippen molar-refractivity contribution in [3.8, 4) is 0 Å². The number of rotatable bonds is 27. The number of unbranched alkanes of at least 4 members (excludes halogenated alkanes) is 3. The summed E-state index contributed by atoms with van der Waals surface area (Å²) in [6.07, 6.45) is 14.8. The fourth-order valence-electron chi connectivity index (χ4n) is 6.62. The Morgan fingerprint density at radius 2 is 1.32 bits per heavy atom. The fraction of sp³-hybridized carbons (Fsp3) is 0.909. The molecule has 254 valence electrons. The van der Waals surface area contributed by atoms with Gasteiger partial charge in [-0.3, -0.25) is 19.1 Å². The lowest BCUT2D eigenvalue weighted by Crippen LogP contribution is -2.31. The number of fused-ring (bicyclic) bond motifs is 2. The first-order valence-electron chi connectivity index (χ1n) is 17.1. The first-order valence-corrected chi connectivity index (χ1v) is 18.0. The Labute approximate surface area is 269 Å². The molecule has 2 bridgehead atoms. The number of carbonyl (C=O) groups excluding carboxylic acids is 3. The van der Waals surface area contributed by atoms with Crippen molar-refractivity contribution < 1.29 is 38.1 Å². The van der Waals surface area contributed by atoms with E-state index in [4.69, 9.17) is 23.7 Å². The molecule has 0 aromatic rings. The van der Waals surface area contributed by atoms with Gasteiger partial charge in [-0.2, -0.15) is 0 Å². The van der Waals surface area contributed by atoms with Crippen LogP contribution in [0.5, 0.6) is 0 Å². The molecule has 3 rings (SSSR count). The van der Waals surface area contributed by atoms with Crippen LogP contribution in [0.4, 0.5) is 0 Å². The van der Waals surface area contributed by atoms with Crippen molar-refractivity contribution in [1.29, 1.82) is 0 Å². The van der Waals surface area contributed by atoms with E-state index < -0.39 is 0 Å². The molecule has 11 heteroatoms. The fourth-order valence-corrected chi connectivity index (χ4v) is 7.82. The molecule has 44 heavy (non-hydrogen) atoms. The van der Waals surface area contributed by atoms with Gasteiger partial charge in [0.2, 0.25) is 5.91 Å². The van der Waals surface area contributed by atoms with Crippen molar-refractivity contribution in [1.82, 2.24) is 10.0 Å². The van der Waals surface area contributed by atoms with Gasteiger partial charge in [0, 0.05) is 30.6 Å². The number of ketones is 1. The van der Waals surface area contributed by atoms with Crippen molar-refractivity contribution in [2.45, 2.75) is 102 Å². The molecule has 0 heterocycles. The SMILES string of the molecule is CC12CCC(CC1SNC(=O)COCCOCCOCCOCCOCCNC(=O)CCCCCCC(=O)C1CCCC1)C2. The molecule has 3 saturated carbocycles. The minimum atomic E-state index is -0.0839. The zero-order valence-electron chi connectivity index (χ0n) is 27.1. The highest BCUT2D eigenvalue weighted by atomic mass is 32.2. The van der Waals surface area contributed by atoms with E-state index >= 15 is 0 Å². The van der Waals surface area contributed by atoms with Crippen LogP contribution in [0.1, 0.15) is 96.8 Å². The van der Waals surface area contributed by atoms with Crippen LogP contribution in [0.25, 0.3) is 0 Å². The number of nitrogens with one attached hydrogen (secondary N) is 2. The van der Waals surface area contributed by atoms with Crippen molar-refractivity contribution in [2.24, 2.45) is 17.3 Å². The Balaban J connectivity index is 0.957. The smallest absolute Gasteiger partial charge is 0.255 e. The number of ether oxygens (including phenoxy) is 5. The van der Waals surface area contributed by atoms with Gasteiger partial charge in [0.25, 0.3) is 5.91 Å². The molecule has 2 amide bonds. The van der Waals surface area contributed by atoms with Gasteiger partial charge in [-0.05, 0) is 74.6 Å². The molecule has 3 aliphatic carbocycles. The lowest BCUT2D eigenvalue weighted by Gasteiger charge is -2.30. The summed E-state index contributed by atoms with van der Waals surface area (Å²) in [6.45, 7) is 6.99. The third-order valence-electron chi connectivity index (χ3n) is 9.20. The molecule has 3 unspecified atom stereocenters. The largest absolute Gasteiger partial charge is 0.377 e. The van der Waals surface area contributed by atoms with Gasteiger partial charge in [0.05, 0.1) is 59.5 Å². The van der Waals surface area contributed by atoms with E-state index in [9.17, 15) is 14.4 Å². The summed E-state index contributed by atoms with van der Waals surface area (Å²) in [6, 6.07) is 0. The number of carbonyl (C=O) groups is 3. The minimum Gasteiger partial charge on any atom is -0.377 e. The molecule has 3 aliphatic rings. The zero-order valence-corrected chi connectivity index (χ0v) is 27.9. The molecule has 10 nitrogen and oxygen atoms in total. The summed E-state index contributed by atoms with van der Waals surface area (Å²) in [5.74, 6) is 1.60. The maximum Gasteiger partial charge on any atom is 0.255 e. The number of hydrogen-bond donors (Lipinski definition) is 2. The summed E-state index contributed by atoms with van der Waals surface area (Å²) in [7, 11) is 0. The molecule has 2 N–H and O–H groups in total. The van der Waals surface area contributed by atoms with E-state index in [1.807, 2.05) is 0 Å². The predicted octanol–water partition coefficient (Wildman–Crippen LogP) is 4.63. The van der Waals surface area contributed by atoms with Crippen LogP contribution in [0, 0.1) is 17.3 Å². The highest BCUT2D eigenvalue weighted by molar-refractivity contribution is 7.98. The molecule has 0 spiro atoms. The Morgan fingerprint density at radius 1 is 0.727 bits per heavy atom. The van der Waals surface area contributed by atoms with E-state index in [0.29, 0.717) is 101 Å². The average molecular weight is 643 g/mol. The number of amides is 2. The van der Waals surface area contributed by atoms with Gasteiger partial charge in [-0.1, -0.05) is 32.6 Å². The molecule has 0 aromatic heterocycles. The van der Waals surface area contributed by atoms with Crippen molar-refractivity contribution >= 4 is 29.5 Å². The number of Topliss-reactive ketones (excluding diaryl/α,β-unsaturated/α-hetero) is 1. The first-order chi connectivity index (χ1) is 21.5. The Hall–Kier alpha value is -1.24. The summed E-state index contributed by atoms with van der Waals surface area (Å²) < 4.78 is 30.3. The van der Waals surface area contributed by atoms with Crippen LogP contribution < -0.4 is 10.0 Å². The van der Waals surface area contributed by atoms with Gasteiger partial charge in [-0.15, -0.1) is 0 Å². The van der Waals surface area contributed by atoms with E-state index in [1.165, 1.54) is 38.5 Å². The summed E-state index contributed by atoms with van der Waals surface area (Å²) in [5.41, 5.74) is 0.390. The zero-order chi connectivity index (χ0) is 31.3. The lowest BCUT2D eigenvalue weighted by molar-refractivity contribution is -0.124. The van der Waals surface area contributed by atoms with Gasteiger partial charge >= 0.3 is 0 Å². The molecular weight excluding hydrogens is 584 g/mol. The minimum absolute atomic E-state index is 0.0534. The van der Waals surface area contributed by atoms with E-state index in [2.05, 4.69) is 17.0 Å². The molecule has 0 aromatic carbocycles. The van der Waals surface area contributed by atoms with Crippen LogP contribution in [0.15, 0.2) is 0 Å². The third kappa shape index (κ3) is 15.4. The van der Waals surface area contributed by atoms with Crippen LogP contribution in [-0.2, 0) is 38.1 Å². The topological polar surface area (TPSA) is 121 Å². The van der Waals surface area contributed by atoms with Crippen LogP contribution >= 0.6 is 11.9 Å². The lowest BCUT2D eigenvalue weighted by atomic mass is 9.86. The normalized spacial score (nSPS) is 22.9. The highest BCUT2D eigenvalue weighted by Crippen LogP contribution is 2.57. The summed E-state index contributed by atoms with van der Waals surface area (Å²) in [5, 5.41) is 3.41. The van der Waals surface area contributed by atoms with Crippen molar-refractivity contribution in [3.05, 3.63) is 0 Å². The van der Waals surface area contributed by atoms with E-state index in [0.717, 1.165) is 44.4 Å². The van der Waals surface area contributed by atoms with Gasteiger partial charge in [-0.25, -0.2) is 0 Å². The molecular formula is C33H58N2O8S. The Morgan fingerprint density at radius 3 is 1.91 bits per heavy atom. The van der Waals surface area contributed by atoms with Gasteiger partial charge in [0.1, 0.15) is 12.4 Å². The maximum absolute atomic E-state index is 12.1. The average Bonchev–Trinajstić information content (AvgIpc) is 3.76.